The van der Waals surface area contributed by atoms with Gasteiger partial charge >= 0.3 is 0 Å². The smallest absolute Gasteiger partial charge is 0.101 e. The molecule has 5 heteroatoms. The molecule has 0 radical (unpaired) electrons. The Morgan fingerprint density at radius 2 is 2.19 bits per heavy atom. The Balaban J connectivity index is 2.53. The van der Waals surface area contributed by atoms with Crippen molar-refractivity contribution in [1.82, 2.24) is 15.0 Å². The fourth-order valence-electron chi connectivity index (χ4n) is 1.67. The molecule has 0 aliphatic heterocycles. The molecule has 4 nitrogen and oxygen atoms in total. The van der Waals surface area contributed by atoms with E-state index in [1.54, 1.807) is 7.11 Å². The zero-order chi connectivity index (χ0) is 11.8. The highest BCUT2D eigenvalue weighted by Gasteiger charge is 2.10. The minimum absolute atomic E-state index is 0.452. The Bertz CT molecular complexity index is 301. The van der Waals surface area contributed by atoms with E-state index in [0.717, 1.165) is 44.5 Å². The van der Waals surface area contributed by atoms with Gasteiger partial charge in [-0.25, -0.2) is 4.68 Å². The maximum absolute atomic E-state index is 5.83. The molecule has 1 rings (SSSR count). The van der Waals surface area contributed by atoms with Gasteiger partial charge in [0, 0.05) is 20.3 Å². The summed E-state index contributed by atoms with van der Waals surface area (Å²) in [6.07, 6.45) is 4.21. The number of hydrogen-bond acceptors (Lipinski definition) is 3. The normalized spacial score (nSPS) is 10.9. The monoisotopic (exact) mass is 245 g/mol. The predicted molar refractivity (Wildman–Crippen MR) is 64.7 cm³/mol. The number of alkyl halides is 1. The van der Waals surface area contributed by atoms with E-state index in [4.69, 9.17) is 16.3 Å². The van der Waals surface area contributed by atoms with E-state index in [-0.39, 0.29) is 0 Å². The van der Waals surface area contributed by atoms with Crippen LogP contribution in [0.2, 0.25) is 0 Å². The number of aromatic nitrogens is 3. The summed E-state index contributed by atoms with van der Waals surface area (Å²) >= 11 is 5.83. The Hall–Kier alpha value is -0.610. The van der Waals surface area contributed by atoms with E-state index < -0.39 is 0 Å². The van der Waals surface area contributed by atoms with Gasteiger partial charge in [-0.05, 0) is 19.3 Å². The van der Waals surface area contributed by atoms with Gasteiger partial charge in [-0.3, -0.25) is 0 Å². The highest BCUT2D eigenvalue weighted by Crippen LogP contribution is 2.11. The van der Waals surface area contributed by atoms with Crippen LogP contribution in [0.1, 0.15) is 37.6 Å². The standard InChI is InChI=1S/C11H20ClN3O/c1-3-6-11-10(9-12)13-14-15(11)7-4-5-8-16-2/h3-9H2,1-2H3. The van der Waals surface area contributed by atoms with Crippen LogP contribution in [0.15, 0.2) is 0 Å². The van der Waals surface area contributed by atoms with Crippen LogP contribution in [-0.2, 0) is 23.6 Å². The lowest BCUT2D eigenvalue weighted by atomic mass is 10.2. The lowest BCUT2D eigenvalue weighted by Gasteiger charge is -2.06. The van der Waals surface area contributed by atoms with Crippen molar-refractivity contribution < 1.29 is 4.74 Å². The van der Waals surface area contributed by atoms with Gasteiger partial charge in [0.15, 0.2) is 0 Å². The zero-order valence-corrected chi connectivity index (χ0v) is 10.8. The number of hydrogen-bond donors (Lipinski definition) is 0. The quantitative estimate of drug-likeness (QED) is 0.522. The van der Waals surface area contributed by atoms with Crippen molar-refractivity contribution >= 4 is 11.6 Å². The van der Waals surface area contributed by atoms with Crippen molar-refractivity contribution in [1.29, 1.82) is 0 Å². The van der Waals surface area contributed by atoms with E-state index >= 15 is 0 Å². The third-order valence-corrected chi connectivity index (χ3v) is 2.75. The third kappa shape index (κ3) is 3.76. The summed E-state index contributed by atoms with van der Waals surface area (Å²) in [5.41, 5.74) is 2.12. The molecule has 0 saturated carbocycles. The Morgan fingerprint density at radius 1 is 1.38 bits per heavy atom. The number of nitrogens with zero attached hydrogens (tertiary/aromatic N) is 3. The minimum Gasteiger partial charge on any atom is -0.385 e. The van der Waals surface area contributed by atoms with Crippen molar-refractivity contribution in [3.8, 4) is 0 Å². The van der Waals surface area contributed by atoms with Gasteiger partial charge in [-0.1, -0.05) is 18.6 Å². The van der Waals surface area contributed by atoms with Crippen LogP contribution in [0.5, 0.6) is 0 Å². The summed E-state index contributed by atoms with van der Waals surface area (Å²) in [6.45, 7) is 3.86. The molecular formula is C11H20ClN3O. The highest BCUT2D eigenvalue weighted by molar-refractivity contribution is 6.16. The summed E-state index contributed by atoms with van der Waals surface area (Å²) < 4.78 is 7.00. The second-order valence-corrected chi connectivity index (χ2v) is 4.06. The second-order valence-electron chi connectivity index (χ2n) is 3.79. The van der Waals surface area contributed by atoms with Gasteiger partial charge in [0.2, 0.25) is 0 Å². The zero-order valence-electron chi connectivity index (χ0n) is 10.1. The van der Waals surface area contributed by atoms with Gasteiger partial charge in [-0.15, -0.1) is 16.7 Å². The van der Waals surface area contributed by atoms with Crippen molar-refractivity contribution in [2.24, 2.45) is 0 Å². The topological polar surface area (TPSA) is 39.9 Å². The molecule has 0 N–H and O–H groups in total. The maximum Gasteiger partial charge on any atom is 0.101 e. The third-order valence-electron chi connectivity index (χ3n) is 2.50. The Kier molecular flexibility index (Phi) is 6.42. The maximum atomic E-state index is 5.83. The van der Waals surface area contributed by atoms with E-state index in [9.17, 15) is 0 Å². The first kappa shape index (κ1) is 13.5. The fraction of sp³-hybridized carbons (Fsp3) is 0.818. The molecule has 0 aliphatic rings. The molecule has 0 fully saturated rings. The molecule has 1 heterocycles. The van der Waals surface area contributed by atoms with Gasteiger partial charge in [0.1, 0.15) is 5.69 Å². The van der Waals surface area contributed by atoms with Crippen LogP contribution in [0, 0.1) is 0 Å². The molecule has 0 aromatic carbocycles. The van der Waals surface area contributed by atoms with Gasteiger partial charge in [0.25, 0.3) is 0 Å². The number of unbranched alkanes of at least 4 members (excludes halogenated alkanes) is 1. The summed E-state index contributed by atoms with van der Waals surface area (Å²) in [5, 5.41) is 8.25. The van der Waals surface area contributed by atoms with Crippen molar-refractivity contribution in [2.45, 2.75) is 45.0 Å². The van der Waals surface area contributed by atoms with Crippen molar-refractivity contribution in [3.63, 3.8) is 0 Å². The van der Waals surface area contributed by atoms with Crippen molar-refractivity contribution in [2.75, 3.05) is 13.7 Å². The number of aryl methyl sites for hydroxylation is 1. The average Bonchev–Trinajstić information content (AvgIpc) is 2.68. The SMILES string of the molecule is CCCc1c(CCl)nnn1CCCCOC. The van der Waals surface area contributed by atoms with E-state index in [2.05, 4.69) is 17.2 Å². The first-order valence-corrected chi connectivity index (χ1v) is 6.33. The molecule has 0 unspecified atom stereocenters. The van der Waals surface area contributed by atoms with E-state index in [1.807, 2.05) is 4.68 Å². The molecule has 92 valence electrons. The molecule has 16 heavy (non-hydrogen) atoms. The number of halogens is 1. The first-order valence-electron chi connectivity index (χ1n) is 5.79. The van der Waals surface area contributed by atoms with Crippen molar-refractivity contribution in [3.05, 3.63) is 11.4 Å². The van der Waals surface area contributed by atoms with Crippen LogP contribution in [0.25, 0.3) is 0 Å². The number of ether oxygens (including phenoxy) is 1. The van der Waals surface area contributed by atoms with Crippen LogP contribution < -0.4 is 0 Å². The molecule has 0 aliphatic carbocycles. The lowest BCUT2D eigenvalue weighted by Crippen LogP contribution is -2.07. The largest absolute Gasteiger partial charge is 0.385 e. The summed E-state index contributed by atoms with van der Waals surface area (Å²) in [4.78, 5) is 0. The van der Waals surface area contributed by atoms with Crippen LogP contribution >= 0.6 is 11.6 Å². The molecular weight excluding hydrogens is 226 g/mol. The molecule has 0 saturated heterocycles. The first-order chi connectivity index (χ1) is 7.83. The minimum atomic E-state index is 0.452. The lowest BCUT2D eigenvalue weighted by molar-refractivity contribution is 0.190. The molecule has 0 spiro atoms. The fourth-order valence-corrected chi connectivity index (χ4v) is 1.88. The van der Waals surface area contributed by atoms with Gasteiger partial charge in [0.05, 0.1) is 11.6 Å². The summed E-state index contributed by atoms with van der Waals surface area (Å²) in [5.74, 6) is 0.452. The number of rotatable bonds is 8. The highest BCUT2D eigenvalue weighted by atomic mass is 35.5. The van der Waals surface area contributed by atoms with E-state index in [1.165, 1.54) is 5.69 Å². The van der Waals surface area contributed by atoms with Crippen LogP contribution in [0.3, 0.4) is 0 Å². The predicted octanol–water partition coefficient (Wildman–Crippen LogP) is 2.40. The van der Waals surface area contributed by atoms with Crippen LogP contribution in [0.4, 0.5) is 0 Å². The Morgan fingerprint density at radius 3 is 2.81 bits per heavy atom. The van der Waals surface area contributed by atoms with Gasteiger partial charge in [-0.2, -0.15) is 0 Å². The molecule has 0 atom stereocenters. The Labute approximate surface area is 102 Å². The molecule has 0 amide bonds. The van der Waals surface area contributed by atoms with E-state index in [0.29, 0.717) is 5.88 Å². The molecule has 0 bridgehead atoms. The van der Waals surface area contributed by atoms with Gasteiger partial charge < -0.3 is 4.74 Å². The summed E-state index contributed by atoms with van der Waals surface area (Å²) in [7, 11) is 1.73. The number of methoxy groups -OCH3 is 1. The second kappa shape index (κ2) is 7.63. The average molecular weight is 246 g/mol. The molecule has 1 aromatic rings. The summed E-state index contributed by atoms with van der Waals surface area (Å²) in [6, 6.07) is 0. The van der Waals surface area contributed by atoms with Crippen LogP contribution in [-0.4, -0.2) is 28.7 Å². The molecule has 1 aromatic heterocycles.